The van der Waals surface area contributed by atoms with E-state index in [1.54, 1.807) is 0 Å². The molecule has 8 aromatic rings. The molecule has 0 aromatic heterocycles. The molecule has 0 amide bonds. The second-order valence-electron chi connectivity index (χ2n) is 14.9. The van der Waals surface area contributed by atoms with Gasteiger partial charge in [0.25, 0.3) is 6.71 Å². The van der Waals surface area contributed by atoms with Gasteiger partial charge in [-0.1, -0.05) is 111 Å². The van der Waals surface area contributed by atoms with Crippen LogP contribution in [-0.4, -0.2) is 6.71 Å². The maximum Gasteiger partial charge on any atom is 0.260 e. The van der Waals surface area contributed by atoms with Gasteiger partial charge in [0, 0.05) is 27.9 Å². The first-order valence-corrected chi connectivity index (χ1v) is 18.4. The maximum atomic E-state index is 6.71. The topological polar surface area (TPSA) is 21.7 Å². The molecule has 0 saturated heterocycles. The van der Waals surface area contributed by atoms with Crippen LogP contribution in [0.25, 0.3) is 33.0 Å². The molecule has 0 atom stereocenters. The predicted molar refractivity (Wildman–Crippen MR) is 219 cm³/mol. The highest BCUT2D eigenvalue weighted by Crippen LogP contribution is 2.52. The van der Waals surface area contributed by atoms with Crippen molar-refractivity contribution in [1.82, 2.24) is 0 Å². The Bertz CT molecular complexity index is 2770. The molecule has 0 bridgehead atoms. The van der Waals surface area contributed by atoms with E-state index in [-0.39, 0.29) is 12.1 Å². The second kappa shape index (κ2) is 11.2. The molecule has 11 rings (SSSR count). The van der Waals surface area contributed by atoms with E-state index in [4.69, 9.17) is 9.47 Å². The highest BCUT2D eigenvalue weighted by atomic mass is 16.5. The quantitative estimate of drug-likeness (QED) is 0.173. The highest BCUT2D eigenvalue weighted by Gasteiger charge is 2.43. The van der Waals surface area contributed by atoms with Crippen LogP contribution >= 0.6 is 0 Å². The Morgan fingerprint density at radius 1 is 0.434 bits per heavy atom. The van der Waals surface area contributed by atoms with Crippen LogP contribution in [0.1, 0.15) is 25.0 Å². The molecule has 0 saturated carbocycles. The summed E-state index contributed by atoms with van der Waals surface area (Å²) in [7, 11) is 0. The van der Waals surface area contributed by atoms with Gasteiger partial charge in [-0.25, -0.2) is 0 Å². The minimum Gasteiger partial charge on any atom is -0.458 e. The van der Waals surface area contributed by atoms with Crippen molar-refractivity contribution in [1.29, 1.82) is 0 Å². The van der Waals surface area contributed by atoms with E-state index in [0.717, 1.165) is 45.5 Å². The summed E-state index contributed by atoms with van der Waals surface area (Å²) in [5.74, 6) is 3.58. The Morgan fingerprint density at radius 2 is 1.06 bits per heavy atom. The van der Waals surface area contributed by atoms with Gasteiger partial charge in [-0.2, -0.15) is 0 Å². The zero-order valence-electron chi connectivity index (χ0n) is 29.5. The van der Waals surface area contributed by atoms with Gasteiger partial charge in [0.05, 0.1) is 0 Å². The van der Waals surface area contributed by atoms with Gasteiger partial charge in [0.2, 0.25) is 0 Å². The number of nitrogens with zero attached hydrogens (tertiary/aromatic N) is 1. The molecule has 3 nitrogen and oxygen atoms in total. The molecule has 250 valence electrons. The van der Waals surface area contributed by atoms with Gasteiger partial charge >= 0.3 is 0 Å². The monoisotopic (exact) mass is 679 g/mol. The van der Waals surface area contributed by atoms with Gasteiger partial charge in [-0.15, -0.1) is 0 Å². The number of rotatable bonds is 4. The van der Waals surface area contributed by atoms with Crippen LogP contribution in [0.2, 0.25) is 0 Å². The molecule has 0 spiro atoms. The van der Waals surface area contributed by atoms with Crippen LogP contribution in [0, 0.1) is 0 Å². The minimum absolute atomic E-state index is 0.0469. The zero-order valence-corrected chi connectivity index (χ0v) is 29.5. The Balaban J connectivity index is 1.04. The molecular formula is C49H34BNO2. The Kier molecular flexibility index (Phi) is 6.39. The van der Waals surface area contributed by atoms with Gasteiger partial charge < -0.3 is 14.4 Å². The lowest BCUT2D eigenvalue weighted by Crippen LogP contribution is -2.57. The number of hydrogen-bond acceptors (Lipinski definition) is 3. The van der Waals surface area contributed by atoms with Crippen molar-refractivity contribution >= 4 is 50.9 Å². The third-order valence-electron chi connectivity index (χ3n) is 11.5. The van der Waals surface area contributed by atoms with E-state index in [0.29, 0.717) is 0 Å². The SMILES string of the molecule is CC1(C)c2cc3c(cc2-c2cc4ccc(N(c5ccccc5)c5cccc(-c6ccccc6)c5)cc4cc21)Oc1cccc2c1B3c1ccccc1O2. The lowest BCUT2D eigenvalue weighted by Gasteiger charge is -2.33. The van der Waals surface area contributed by atoms with Crippen molar-refractivity contribution < 1.29 is 9.47 Å². The number of hydrogen-bond donors (Lipinski definition) is 0. The molecular weight excluding hydrogens is 645 g/mol. The predicted octanol–water partition coefficient (Wildman–Crippen LogP) is 11.0. The normalized spacial score (nSPS) is 13.9. The Labute approximate surface area is 309 Å². The average Bonchev–Trinajstić information content (AvgIpc) is 3.41. The van der Waals surface area contributed by atoms with E-state index in [1.165, 1.54) is 55.1 Å². The van der Waals surface area contributed by atoms with E-state index in [1.807, 2.05) is 12.1 Å². The lowest BCUT2D eigenvalue weighted by atomic mass is 9.34. The van der Waals surface area contributed by atoms with E-state index < -0.39 is 0 Å². The fourth-order valence-corrected chi connectivity index (χ4v) is 8.95. The van der Waals surface area contributed by atoms with E-state index >= 15 is 0 Å². The molecule has 0 N–H and O–H groups in total. The molecule has 0 fully saturated rings. The third-order valence-corrected chi connectivity index (χ3v) is 11.5. The van der Waals surface area contributed by atoms with E-state index in [2.05, 4.69) is 176 Å². The number of para-hydroxylation sites is 2. The summed E-state index contributed by atoms with van der Waals surface area (Å²) in [5.41, 5.74) is 14.2. The Hall–Kier alpha value is -6.52. The Morgan fingerprint density at radius 3 is 1.89 bits per heavy atom. The summed E-state index contributed by atoms with van der Waals surface area (Å²) in [6.45, 7) is 4.78. The van der Waals surface area contributed by atoms with Crippen LogP contribution < -0.4 is 30.8 Å². The fourth-order valence-electron chi connectivity index (χ4n) is 8.95. The van der Waals surface area contributed by atoms with Crippen molar-refractivity contribution in [3.63, 3.8) is 0 Å². The molecule has 0 radical (unpaired) electrons. The molecule has 53 heavy (non-hydrogen) atoms. The summed E-state index contributed by atoms with van der Waals surface area (Å²) < 4.78 is 13.1. The van der Waals surface area contributed by atoms with Gasteiger partial charge in [0.1, 0.15) is 23.0 Å². The standard InChI is InChI=1S/C49H34BNO2/c1-49(2)40-28-34-26-37(51(35-16-7-4-8-17-35)36-18-11-15-32(25-36)31-13-5-3-6-14-31)24-23-33(34)27-38(40)39-29-47-43(30-41(39)49)50-42-19-9-10-20-44(42)52-45-21-12-22-46(53-47)48(45)50/h3-30H,1-2H3. The van der Waals surface area contributed by atoms with Crippen LogP contribution in [0.5, 0.6) is 23.0 Å². The fraction of sp³-hybridized carbons (Fsp3) is 0.0612. The van der Waals surface area contributed by atoms with Crippen molar-refractivity contribution in [2.45, 2.75) is 19.3 Å². The number of fused-ring (bicyclic) bond motifs is 8. The van der Waals surface area contributed by atoms with Crippen molar-refractivity contribution in [2.75, 3.05) is 4.90 Å². The third kappa shape index (κ3) is 4.55. The van der Waals surface area contributed by atoms with Crippen LogP contribution in [0.15, 0.2) is 170 Å². The second-order valence-corrected chi connectivity index (χ2v) is 14.9. The number of ether oxygens (including phenoxy) is 2. The maximum absolute atomic E-state index is 6.71. The number of anilines is 3. The summed E-state index contributed by atoms with van der Waals surface area (Å²) in [6.07, 6.45) is 0. The lowest BCUT2D eigenvalue weighted by molar-refractivity contribution is 0.464. The molecule has 4 heteroatoms. The summed E-state index contributed by atoms with van der Waals surface area (Å²) in [6, 6.07) is 61.1. The smallest absolute Gasteiger partial charge is 0.260 e. The molecule has 0 unspecified atom stereocenters. The first-order chi connectivity index (χ1) is 26.0. The minimum atomic E-state index is -0.211. The average molecular weight is 680 g/mol. The molecule has 3 aliphatic rings. The summed E-state index contributed by atoms with van der Waals surface area (Å²) in [4.78, 5) is 2.36. The first kappa shape index (κ1) is 30.1. The summed E-state index contributed by atoms with van der Waals surface area (Å²) >= 11 is 0. The number of benzene rings is 8. The van der Waals surface area contributed by atoms with E-state index in [9.17, 15) is 0 Å². The molecule has 1 aliphatic carbocycles. The first-order valence-electron chi connectivity index (χ1n) is 18.4. The molecule has 2 aliphatic heterocycles. The summed E-state index contributed by atoms with van der Waals surface area (Å²) in [5, 5.41) is 2.44. The van der Waals surface area contributed by atoms with Crippen LogP contribution in [0.3, 0.4) is 0 Å². The van der Waals surface area contributed by atoms with Crippen LogP contribution in [-0.2, 0) is 5.41 Å². The largest absolute Gasteiger partial charge is 0.458 e. The zero-order chi connectivity index (χ0) is 35.3. The van der Waals surface area contributed by atoms with Crippen molar-refractivity contribution in [2.24, 2.45) is 0 Å². The van der Waals surface area contributed by atoms with Crippen LogP contribution in [0.4, 0.5) is 17.1 Å². The molecule has 2 heterocycles. The van der Waals surface area contributed by atoms with Gasteiger partial charge in [-0.3, -0.25) is 0 Å². The molecule has 8 aromatic carbocycles. The van der Waals surface area contributed by atoms with Crippen molar-refractivity contribution in [3.05, 3.63) is 181 Å². The van der Waals surface area contributed by atoms with Gasteiger partial charge in [0.15, 0.2) is 0 Å². The highest BCUT2D eigenvalue weighted by molar-refractivity contribution is 6.98. The van der Waals surface area contributed by atoms with Gasteiger partial charge in [-0.05, 0) is 128 Å². The van der Waals surface area contributed by atoms with Crippen molar-refractivity contribution in [3.8, 4) is 45.3 Å².